The number of hydrogen-bond acceptors (Lipinski definition) is 3. The third-order valence-electron chi connectivity index (χ3n) is 3.23. The molecule has 2 aliphatic carbocycles. The fourth-order valence-corrected chi connectivity index (χ4v) is 1.90. The smallest absolute Gasteiger partial charge is 0.167 e. The van der Waals surface area contributed by atoms with Gasteiger partial charge >= 0.3 is 0 Å². The molecule has 0 aliphatic heterocycles. The summed E-state index contributed by atoms with van der Waals surface area (Å²) in [7, 11) is 1.63. The molecule has 0 unspecified atom stereocenters. The molecule has 0 amide bonds. The van der Waals surface area contributed by atoms with E-state index in [1.807, 2.05) is 18.2 Å². The van der Waals surface area contributed by atoms with Gasteiger partial charge in [0.25, 0.3) is 0 Å². The van der Waals surface area contributed by atoms with Crippen molar-refractivity contribution in [2.45, 2.75) is 37.4 Å². The summed E-state index contributed by atoms with van der Waals surface area (Å²) < 4.78 is 11.2. The summed E-state index contributed by atoms with van der Waals surface area (Å²) in [5.41, 5.74) is 0.220. The lowest BCUT2D eigenvalue weighted by Gasteiger charge is -2.17. The summed E-state index contributed by atoms with van der Waals surface area (Å²) in [6, 6.07) is 5.73. The molecule has 0 atom stereocenters. The minimum Gasteiger partial charge on any atom is -0.493 e. The Morgan fingerprint density at radius 3 is 2.62 bits per heavy atom. The third kappa shape index (κ3) is 1.65. The van der Waals surface area contributed by atoms with E-state index in [9.17, 15) is 5.11 Å². The van der Waals surface area contributed by atoms with E-state index >= 15 is 0 Å². The van der Waals surface area contributed by atoms with E-state index in [2.05, 4.69) is 0 Å². The first-order valence-electron chi connectivity index (χ1n) is 5.79. The van der Waals surface area contributed by atoms with Crippen LogP contribution < -0.4 is 9.47 Å². The number of ether oxygens (including phenoxy) is 2. The highest BCUT2D eigenvalue weighted by molar-refractivity contribution is 5.51. The zero-order chi connectivity index (χ0) is 11.2. The molecule has 0 aromatic heterocycles. The maximum Gasteiger partial charge on any atom is 0.167 e. The standard InChI is InChI=1S/C13H16O3/c1-15-11-4-2-3-10(13(14)7-8-13)12(11)16-9-5-6-9/h2-4,9,14H,5-8H2,1H3. The zero-order valence-corrected chi connectivity index (χ0v) is 9.40. The van der Waals surface area contributed by atoms with Crippen LogP contribution >= 0.6 is 0 Å². The summed E-state index contributed by atoms with van der Waals surface area (Å²) in [5.74, 6) is 1.47. The first-order valence-corrected chi connectivity index (χ1v) is 5.79. The lowest BCUT2D eigenvalue weighted by atomic mass is 10.1. The molecule has 0 bridgehead atoms. The molecule has 1 aromatic rings. The van der Waals surface area contributed by atoms with Gasteiger partial charge in [-0.05, 0) is 31.7 Å². The predicted molar refractivity (Wildman–Crippen MR) is 59.8 cm³/mol. The molecule has 0 spiro atoms. The molecule has 1 N–H and O–H groups in total. The first kappa shape index (κ1) is 9.97. The van der Waals surface area contributed by atoms with E-state index in [-0.39, 0.29) is 0 Å². The molecule has 2 aliphatic rings. The lowest BCUT2D eigenvalue weighted by Crippen LogP contribution is -2.10. The van der Waals surface area contributed by atoms with Gasteiger partial charge in [-0.3, -0.25) is 0 Å². The van der Waals surface area contributed by atoms with Crippen molar-refractivity contribution in [2.75, 3.05) is 7.11 Å². The van der Waals surface area contributed by atoms with Gasteiger partial charge < -0.3 is 14.6 Å². The van der Waals surface area contributed by atoms with Gasteiger partial charge in [-0.25, -0.2) is 0 Å². The molecule has 2 fully saturated rings. The molecule has 0 saturated heterocycles. The fraction of sp³-hybridized carbons (Fsp3) is 0.538. The van der Waals surface area contributed by atoms with E-state index in [1.165, 1.54) is 0 Å². The van der Waals surface area contributed by atoms with Crippen LogP contribution in [0.15, 0.2) is 18.2 Å². The maximum absolute atomic E-state index is 10.2. The van der Waals surface area contributed by atoms with Crippen LogP contribution in [0.2, 0.25) is 0 Å². The van der Waals surface area contributed by atoms with Crippen LogP contribution in [-0.4, -0.2) is 18.3 Å². The second-order valence-electron chi connectivity index (χ2n) is 4.69. The maximum atomic E-state index is 10.2. The highest BCUT2D eigenvalue weighted by Crippen LogP contribution is 2.51. The number of hydrogen-bond donors (Lipinski definition) is 1. The number of aliphatic hydroxyl groups is 1. The van der Waals surface area contributed by atoms with Crippen LogP contribution in [0, 0.1) is 0 Å². The SMILES string of the molecule is COc1cccc(C2(O)CC2)c1OC1CC1. The van der Waals surface area contributed by atoms with E-state index in [0.717, 1.165) is 42.7 Å². The van der Waals surface area contributed by atoms with Crippen molar-refractivity contribution in [1.82, 2.24) is 0 Å². The van der Waals surface area contributed by atoms with Gasteiger partial charge in [0, 0.05) is 5.56 Å². The van der Waals surface area contributed by atoms with Crippen molar-refractivity contribution in [1.29, 1.82) is 0 Å². The molecule has 1 aromatic carbocycles. The van der Waals surface area contributed by atoms with Crippen molar-refractivity contribution in [3.05, 3.63) is 23.8 Å². The number of benzene rings is 1. The molecule has 86 valence electrons. The molecule has 0 heterocycles. The topological polar surface area (TPSA) is 38.7 Å². The van der Waals surface area contributed by atoms with Crippen molar-refractivity contribution in [2.24, 2.45) is 0 Å². The molecular formula is C13H16O3. The van der Waals surface area contributed by atoms with Gasteiger partial charge in [-0.15, -0.1) is 0 Å². The summed E-state index contributed by atoms with van der Waals surface area (Å²) in [5, 5.41) is 10.2. The average molecular weight is 220 g/mol. The van der Waals surface area contributed by atoms with E-state index in [4.69, 9.17) is 9.47 Å². The van der Waals surface area contributed by atoms with Gasteiger partial charge in [0.2, 0.25) is 0 Å². The fourth-order valence-electron chi connectivity index (χ4n) is 1.90. The quantitative estimate of drug-likeness (QED) is 0.845. The van der Waals surface area contributed by atoms with Crippen LogP contribution in [0.3, 0.4) is 0 Å². The zero-order valence-electron chi connectivity index (χ0n) is 9.40. The molecule has 3 heteroatoms. The Bertz CT molecular complexity index is 406. The molecule has 2 saturated carbocycles. The van der Waals surface area contributed by atoms with Gasteiger partial charge in [0.1, 0.15) is 0 Å². The second-order valence-corrected chi connectivity index (χ2v) is 4.69. The van der Waals surface area contributed by atoms with Gasteiger partial charge in [0.15, 0.2) is 11.5 Å². The minimum atomic E-state index is -0.668. The summed E-state index contributed by atoms with van der Waals surface area (Å²) >= 11 is 0. The van der Waals surface area contributed by atoms with E-state index < -0.39 is 5.60 Å². The van der Waals surface area contributed by atoms with Crippen molar-refractivity contribution in [3.63, 3.8) is 0 Å². The molecule has 3 nitrogen and oxygen atoms in total. The highest BCUT2D eigenvalue weighted by Gasteiger charge is 2.45. The van der Waals surface area contributed by atoms with Gasteiger partial charge in [-0.2, -0.15) is 0 Å². The van der Waals surface area contributed by atoms with Crippen LogP contribution in [0.1, 0.15) is 31.2 Å². The molecular weight excluding hydrogens is 204 g/mol. The monoisotopic (exact) mass is 220 g/mol. The van der Waals surface area contributed by atoms with Crippen molar-refractivity contribution in [3.8, 4) is 11.5 Å². The average Bonchev–Trinajstić information content (AvgIpc) is 3.18. The van der Waals surface area contributed by atoms with Gasteiger partial charge in [0.05, 0.1) is 18.8 Å². The summed E-state index contributed by atoms with van der Waals surface area (Å²) in [6.45, 7) is 0. The molecule has 0 radical (unpaired) electrons. The summed E-state index contributed by atoms with van der Waals surface area (Å²) in [6.07, 6.45) is 4.17. The van der Waals surface area contributed by atoms with E-state index in [1.54, 1.807) is 7.11 Å². The largest absolute Gasteiger partial charge is 0.493 e. The normalized spacial score (nSPS) is 21.6. The van der Waals surface area contributed by atoms with Crippen LogP contribution in [0.25, 0.3) is 0 Å². The minimum absolute atomic E-state index is 0.317. The Kier molecular flexibility index (Phi) is 2.11. The van der Waals surface area contributed by atoms with Crippen molar-refractivity contribution < 1.29 is 14.6 Å². The predicted octanol–water partition coefficient (Wildman–Crippen LogP) is 2.22. The third-order valence-corrected chi connectivity index (χ3v) is 3.23. The first-order chi connectivity index (χ1) is 7.73. The molecule has 16 heavy (non-hydrogen) atoms. The van der Waals surface area contributed by atoms with Crippen LogP contribution in [0.4, 0.5) is 0 Å². The lowest BCUT2D eigenvalue weighted by molar-refractivity contribution is 0.143. The Balaban J connectivity index is 2.00. The van der Waals surface area contributed by atoms with E-state index in [0.29, 0.717) is 6.10 Å². The van der Waals surface area contributed by atoms with Crippen LogP contribution in [-0.2, 0) is 5.60 Å². The Hall–Kier alpha value is -1.22. The second kappa shape index (κ2) is 3.39. The number of methoxy groups -OCH3 is 1. The summed E-state index contributed by atoms with van der Waals surface area (Å²) in [4.78, 5) is 0. The van der Waals surface area contributed by atoms with Crippen LogP contribution in [0.5, 0.6) is 11.5 Å². The number of rotatable bonds is 4. The molecule has 3 rings (SSSR count). The number of para-hydroxylation sites is 1. The Morgan fingerprint density at radius 2 is 2.06 bits per heavy atom. The van der Waals surface area contributed by atoms with Gasteiger partial charge in [-0.1, -0.05) is 12.1 Å². The highest BCUT2D eigenvalue weighted by atomic mass is 16.5. The Labute approximate surface area is 95.0 Å². The Morgan fingerprint density at radius 1 is 1.31 bits per heavy atom. The van der Waals surface area contributed by atoms with Crippen molar-refractivity contribution >= 4 is 0 Å².